The van der Waals surface area contributed by atoms with Crippen molar-refractivity contribution < 1.29 is 4.74 Å². The highest BCUT2D eigenvalue weighted by Gasteiger charge is 2.51. The van der Waals surface area contributed by atoms with Gasteiger partial charge in [0.2, 0.25) is 5.90 Å². The van der Waals surface area contributed by atoms with Gasteiger partial charge in [0.15, 0.2) is 0 Å². The van der Waals surface area contributed by atoms with Gasteiger partial charge in [-0.3, -0.25) is 4.57 Å². The van der Waals surface area contributed by atoms with Crippen molar-refractivity contribution in [2.45, 2.75) is 38.7 Å². The maximum Gasteiger partial charge on any atom is 0.216 e. The highest BCUT2D eigenvalue weighted by atomic mass is 79.9. The maximum absolute atomic E-state index is 6.70. The molecule has 0 amide bonds. The van der Waals surface area contributed by atoms with Crippen molar-refractivity contribution in [2.24, 2.45) is 5.10 Å². The van der Waals surface area contributed by atoms with Gasteiger partial charge in [-0.25, -0.2) is 4.98 Å². The van der Waals surface area contributed by atoms with E-state index in [4.69, 9.17) is 32.9 Å². The molecule has 1 heterocycles. The summed E-state index contributed by atoms with van der Waals surface area (Å²) in [5.41, 5.74) is 8.59. The summed E-state index contributed by atoms with van der Waals surface area (Å²) in [6.07, 6.45) is 1.93. The number of hydrogen-bond donors (Lipinski definition) is 1. The second-order valence-electron chi connectivity index (χ2n) is 9.28. The van der Waals surface area contributed by atoms with E-state index in [1.54, 1.807) is 7.05 Å². The Kier molecular flexibility index (Phi) is 7.35. The zero-order valence-electron chi connectivity index (χ0n) is 20.9. The molecular formula is C29H27BrCl2N4O. The Morgan fingerprint density at radius 3 is 2.38 bits per heavy atom. The van der Waals surface area contributed by atoms with E-state index < -0.39 is 0 Å². The number of benzene rings is 3. The van der Waals surface area contributed by atoms with E-state index in [1.807, 2.05) is 49.4 Å². The molecule has 1 aliphatic carbocycles. The molecule has 3 aromatic carbocycles. The third kappa shape index (κ3) is 5.15. The zero-order valence-corrected chi connectivity index (χ0v) is 24.0. The van der Waals surface area contributed by atoms with Gasteiger partial charge in [0.05, 0.1) is 16.1 Å². The van der Waals surface area contributed by atoms with Gasteiger partial charge in [0, 0.05) is 33.5 Å². The van der Waals surface area contributed by atoms with E-state index in [0.717, 1.165) is 56.9 Å². The van der Waals surface area contributed by atoms with Crippen LogP contribution in [0, 0.1) is 13.8 Å². The minimum absolute atomic E-state index is 0.251. The van der Waals surface area contributed by atoms with E-state index >= 15 is 0 Å². The molecule has 5 rings (SSSR count). The summed E-state index contributed by atoms with van der Waals surface area (Å²) in [6.45, 7) is 4.36. The van der Waals surface area contributed by atoms with Crippen molar-refractivity contribution in [1.29, 1.82) is 0 Å². The predicted octanol–water partition coefficient (Wildman–Crippen LogP) is 8.01. The standard InChI is InChI=1S/C29H27BrCl2N4O/c1-18-4-13-24(25(32)16-18)27-34-26(19(2)36(27)23-11-7-21(30)8-12-23)17-37-28(35-33-3)29(14-15-29)20-5-9-22(31)10-6-20/h4-13,16,33H,14-15,17H2,1-3H3/b35-28-. The molecule has 1 fully saturated rings. The second kappa shape index (κ2) is 10.5. The number of hydrogen-bond acceptors (Lipinski definition) is 4. The average Bonchev–Trinajstić information content (AvgIpc) is 3.62. The van der Waals surface area contributed by atoms with Gasteiger partial charge in [-0.1, -0.05) is 57.3 Å². The highest BCUT2D eigenvalue weighted by molar-refractivity contribution is 9.10. The number of aryl methyl sites for hydroxylation is 1. The summed E-state index contributed by atoms with van der Waals surface area (Å²) < 4.78 is 9.55. The third-order valence-corrected chi connectivity index (χ3v) is 7.86. The zero-order chi connectivity index (χ0) is 26.2. The molecule has 0 bridgehead atoms. The lowest BCUT2D eigenvalue weighted by Crippen LogP contribution is -2.26. The van der Waals surface area contributed by atoms with Gasteiger partial charge < -0.3 is 10.2 Å². The van der Waals surface area contributed by atoms with Crippen LogP contribution in [0.15, 0.2) is 76.3 Å². The van der Waals surface area contributed by atoms with Gasteiger partial charge in [-0.05, 0) is 86.3 Å². The largest absolute Gasteiger partial charge is 0.472 e. The van der Waals surface area contributed by atoms with Crippen LogP contribution in [0.4, 0.5) is 0 Å². The fourth-order valence-corrected chi connectivity index (χ4v) is 5.32. The number of aromatic nitrogens is 2. The van der Waals surface area contributed by atoms with Crippen LogP contribution in [0.1, 0.15) is 35.4 Å². The number of hydrazone groups is 1. The number of ether oxygens (including phenoxy) is 1. The minimum atomic E-state index is -0.251. The third-order valence-electron chi connectivity index (χ3n) is 6.77. The van der Waals surface area contributed by atoms with E-state index in [9.17, 15) is 0 Å². The van der Waals surface area contributed by atoms with Crippen LogP contribution in [0.5, 0.6) is 0 Å². The van der Waals surface area contributed by atoms with Gasteiger partial charge >= 0.3 is 0 Å². The number of imidazole rings is 1. The molecule has 1 saturated carbocycles. The summed E-state index contributed by atoms with van der Waals surface area (Å²) in [6, 6.07) is 22.1. The van der Waals surface area contributed by atoms with Crippen LogP contribution < -0.4 is 5.43 Å². The van der Waals surface area contributed by atoms with Crippen LogP contribution in [0.25, 0.3) is 17.1 Å². The molecule has 0 saturated heterocycles. The fraction of sp³-hybridized carbons (Fsp3) is 0.241. The summed E-state index contributed by atoms with van der Waals surface area (Å²) in [7, 11) is 1.78. The molecule has 8 heteroatoms. The summed E-state index contributed by atoms with van der Waals surface area (Å²) >= 11 is 16.4. The summed E-state index contributed by atoms with van der Waals surface area (Å²) in [5.74, 6) is 1.43. The van der Waals surface area contributed by atoms with Crippen molar-refractivity contribution >= 4 is 45.0 Å². The minimum Gasteiger partial charge on any atom is -0.472 e. The first kappa shape index (κ1) is 25.8. The number of nitrogens with one attached hydrogen (secondary N) is 1. The molecule has 0 spiro atoms. The van der Waals surface area contributed by atoms with E-state index in [1.165, 1.54) is 0 Å². The van der Waals surface area contributed by atoms with Crippen LogP contribution in [-0.2, 0) is 16.8 Å². The van der Waals surface area contributed by atoms with Crippen molar-refractivity contribution in [3.63, 3.8) is 0 Å². The lowest BCUT2D eigenvalue weighted by atomic mass is 9.96. The Bertz CT molecular complexity index is 1460. The molecule has 1 aromatic heterocycles. The molecule has 1 N–H and O–H groups in total. The molecule has 190 valence electrons. The lowest BCUT2D eigenvalue weighted by molar-refractivity contribution is 0.267. The van der Waals surface area contributed by atoms with Gasteiger partial charge in [-0.15, -0.1) is 5.10 Å². The van der Waals surface area contributed by atoms with Crippen LogP contribution in [0.2, 0.25) is 10.0 Å². The predicted molar refractivity (Wildman–Crippen MR) is 155 cm³/mol. The molecule has 4 aromatic rings. The first-order valence-electron chi connectivity index (χ1n) is 12.1. The van der Waals surface area contributed by atoms with Crippen molar-refractivity contribution in [3.05, 3.63) is 104 Å². The first-order valence-corrected chi connectivity index (χ1v) is 13.6. The van der Waals surface area contributed by atoms with Crippen LogP contribution in [-0.4, -0.2) is 22.5 Å². The number of rotatable bonds is 7. The van der Waals surface area contributed by atoms with Gasteiger partial charge in [0.25, 0.3) is 0 Å². The van der Waals surface area contributed by atoms with E-state index in [2.05, 4.69) is 62.2 Å². The molecule has 0 atom stereocenters. The fourth-order valence-electron chi connectivity index (χ4n) is 4.61. The molecule has 37 heavy (non-hydrogen) atoms. The smallest absolute Gasteiger partial charge is 0.216 e. The quantitative estimate of drug-likeness (QED) is 0.133. The van der Waals surface area contributed by atoms with Crippen molar-refractivity contribution in [1.82, 2.24) is 15.0 Å². The van der Waals surface area contributed by atoms with E-state index in [0.29, 0.717) is 15.9 Å². The van der Waals surface area contributed by atoms with Crippen LogP contribution in [0.3, 0.4) is 0 Å². The average molecular weight is 598 g/mol. The Balaban J connectivity index is 1.52. The number of halogens is 3. The molecule has 0 aliphatic heterocycles. The molecular weight excluding hydrogens is 571 g/mol. The van der Waals surface area contributed by atoms with Crippen LogP contribution >= 0.6 is 39.1 Å². The van der Waals surface area contributed by atoms with Gasteiger partial charge in [-0.2, -0.15) is 0 Å². The topological polar surface area (TPSA) is 51.4 Å². The second-order valence-corrected chi connectivity index (χ2v) is 11.0. The molecule has 0 radical (unpaired) electrons. The Labute approximate surface area is 235 Å². The molecule has 5 nitrogen and oxygen atoms in total. The molecule has 0 unspecified atom stereocenters. The normalized spacial score (nSPS) is 14.5. The Hall–Kier alpha value is -2.80. The SMILES string of the molecule is CN/N=C(\OCc1nc(-c2ccc(C)cc2Cl)n(-c2ccc(Br)cc2)c1C)C1(c2ccc(Cl)cc2)CC1. The Morgan fingerprint density at radius 1 is 1.05 bits per heavy atom. The van der Waals surface area contributed by atoms with E-state index in [-0.39, 0.29) is 12.0 Å². The monoisotopic (exact) mass is 596 g/mol. The van der Waals surface area contributed by atoms with Crippen molar-refractivity contribution in [2.75, 3.05) is 7.05 Å². The lowest BCUT2D eigenvalue weighted by Gasteiger charge is -2.19. The van der Waals surface area contributed by atoms with Crippen molar-refractivity contribution in [3.8, 4) is 17.1 Å². The summed E-state index contributed by atoms with van der Waals surface area (Å²) in [5, 5.41) is 5.90. The number of nitrogens with zero attached hydrogens (tertiary/aromatic N) is 3. The Morgan fingerprint density at radius 2 is 1.76 bits per heavy atom. The molecule has 1 aliphatic rings. The maximum atomic E-state index is 6.70. The highest BCUT2D eigenvalue weighted by Crippen LogP contribution is 2.50. The first-order chi connectivity index (χ1) is 17.8. The summed E-state index contributed by atoms with van der Waals surface area (Å²) in [4.78, 5) is 5.04. The van der Waals surface area contributed by atoms with Gasteiger partial charge in [0.1, 0.15) is 12.4 Å².